The van der Waals surface area contributed by atoms with E-state index in [0.717, 1.165) is 113 Å². The molecule has 0 spiro atoms. The molecule has 0 bridgehead atoms. The molecule has 6 rings (SSSR count). The molecule has 1 heterocycles. The van der Waals surface area contributed by atoms with Crippen molar-refractivity contribution in [2.24, 2.45) is 47.3 Å². The molecule has 1 saturated heterocycles. The van der Waals surface area contributed by atoms with Gasteiger partial charge >= 0.3 is 33.3 Å². The number of hydrogen-bond acceptors (Lipinski definition) is 7. The fraction of sp³-hybridized carbons (Fsp3) is 0.897. The zero-order valence-electron chi connectivity index (χ0n) is 30.9. The maximum atomic E-state index is 10.3. The number of fused-ring (bicyclic) bond motifs is 6. The van der Waals surface area contributed by atoms with Gasteiger partial charge in [-0.25, -0.2) is 0 Å². The van der Waals surface area contributed by atoms with Gasteiger partial charge in [0.2, 0.25) is 0 Å². The number of hydrogen-bond donors (Lipinski definition) is 7. The molecule has 6 aliphatic rings. The molecule has 7 nitrogen and oxygen atoms in total. The van der Waals surface area contributed by atoms with Crippen LogP contribution in [0.15, 0.2) is 26.3 Å². The van der Waals surface area contributed by atoms with Crippen LogP contribution in [0.4, 0.5) is 0 Å². The van der Waals surface area contributed by atoms with Crippen LogP contribution in [0.5, 0.6) is 0 Å². The summed E-state index contributed by atoms with van der Waals surface area (Å²) in [4.78, 5) is 0. The first-order valence-corrected chi connectivity index (χ1v) is 23.2. The van der Waals surface area contributed by atoms with Gasteiger partial charge in [0.1, 0.15) is 0 Å². The minimum atomic E-state index is -0.00565. The molecular formula is C39H74Cl2MnN6O. The van der Waals surface area contributed by atoms with Gasteiger partial charge in [-0.3, -0.25) is 0 Å². The molecule has 5 aliphatic carbocycles. The molecular weight excluding hydrogens is 694 g/mol. The molecule has 7 N–H and O–H groups in total. The normalized spacial score (nSPS) is 39.0. The third-order valence-corrected chi connectivity index (χ3v) is 13.2. The van der Waals surface area contributed by atoms with Crippen molar-refractivity contribution in [3.63, 3.8) is 0 Å². The van der Waals surface area contributed by atoms with Gasteiger partial charge in [0.25, 0.3) is 0 Å². The topological polar surface area (TPSA) is 92.4 Å². The summed E-state index contributed by atoms with van der Waals surface area (Å²) >= 11 is 0.00694. The molecule has 0 amide bonds. The van der Waals surface area contributed by atoms with Crippen LogP contribution >= 0.6 is 20.2 Å². The molecule has 6 fully saturated rings. The van der Waals surface area contributed by atoms with E-state index in [1.54, 1.807) is 0 Å². The summed E-state index contributed by atoms with van der Waals surface area (Å²) in [5, 5.41) is 33.2. The van der Waals surface area contributed by atoms with Crippen LogP contribution in [0.1, 0.15) is 90.4 Å². The zero-order chi connectivity index (χ0) is 35.4. The van der Waals surface area contributed by atoms with Crippen molar-refractivity contribution >= 4 is 20.2 Å². The van der Waals surface area contributed by atoms with Gasteiger partial charge in [0.05, 0.1) is 6.10 Å². The first kappa shape index (κ1) is 43.7. The Hall–Kier alpha value is 0.299. The second-order valence-corrected chi connectivity index (χ2v) is 17.6. The van der Waals surface area contributed by atoms with E-state index in [2.05, 4.69) is 65.1 Å². The Morgan fingerprint density at radius 1 is 0.673 bits per heavy atom. The molecule has 0 aromatic heterocycles. The average molecular weight is 769 g/mol. The van der Waals surface area contributed by atoms with Crippen LogP contribution in [-0.2, 0) is 13.1 Å². The third kappa shape index (κ3) is 13.6. The van der Waals surface area contributed by atoms with Crippen molar-refractivity contribution in [1.29, 1.82) is 0 Å². The first-order chi connectivity index (χ1) is 24.1. The summed E-state index contributed by atoms with van der Waals surface area (Å²) in [6.45, 7) is 24.1. The number of nitrogens with one attached hydrogen (secondary N) is 6. The van der Waals surface area contributed by atoms with E-state index in [0.29, 0.717) is 18.1 Å². The molecule has 10 unspecified atom stereocenters. The summed E-state index contributed by atoms with van der Waals surface area (Å²) < 4.78 is 0. The summed E-state index contributed by atoms with van der Waals surface area (Å²) in [5.74, 6) is 7.40. The second kappa shape index (κ2) is 25.3. The maximum absolute atomic E-state index is 10.3. The van der Waals surface area contributed by atoms with Gasteiger partial charge in [0, 0.05) is 70.5 Å². The number of aliphatic hydroxyl groups is 1. The van der Waals surface area contributed by atoms with E-state index < -0.39 is 0 Å². The summed E-state index contributed by atoms with van der Waals surface area (Å²) in [6, 6.07) is 1.69. The number of halogens is 2. The van der Waals surface area contributed by atoms with Gasteiger partial charge in [-0.05, 0) is 125 Å². The standard InChI is InChI=1S/C35H66N6O.2C2H4.2ClH.Mn/c1-24(28-10-11-33-30(28)12-13-31-29-9-7-27(42)20-25(29)6-8-32(31)33)21-38-22-26-23-41-35-5-3-2-4-34(35)40-19-17-37-15-14-36-16-18-39-26;2*1-2;;;/h24-42H,2-23H2,1H3;2*1-2H2;2*1H;/q;;;;;+2/p-2/t24-,25?,26?,27?,28+,29?,30?,31?,32?,33?,34?,35?;;;;;/m0...../s1. The van der Waals surface area contributed by atoms with Crippen LogP contribution in [0, 0.1) is 47.3 Å². The Balaban J connectivity index is 0.000000867. The van der Waals surface area contributed by atoms with Crippen LogP contribution in [0.2, 0.25) is 0 Å². The minimum absolute atomic E-state index is 0.00565. The molecule has 1 aliphatic heterocycles. The molecule has 287 valence electrons. The van der Waals surface area contributed by atoms with E-state index in [1.807, 2.05) is 0 Å². The Bertz CT molecular complexity index is 862. The van der Waals surface area contributed by atoms with E-state index in [4.69, 9.17) is 20.2 Å². The molecule has 10 heteroatoms. The first-order valence-electron chi connectivity index (χ1n) is 20.0. The van der Waals surface area contributed by atoms with Crippen LogP contribution in [-0.4, -0.2) is 88.2 Å². The number of aliphatic hydroxyl groups excluding tert-OH is 1. The summed E-state index contributed by atoms with van der Waals surface area (Å²) in [5.41, 5.74) is 0. The Labute approximate surface area is 316 Å². The van der Waals surface area contributed by atoms with Gasteiger partial charge in [0.15, 0.2) is 0 Å². The molecule has 5 saturated carbocycles. The van der Waals surface area contributed by atoms with Crippen molar-refractivity contribution < 1.29 is 18.2 Å². The second-order valence-electron chi connectivity index (χ2n) is 15.6. The van der Waals surface area contributed by atoms with Crippen molar-refractivity contribution in [3.05, 3.63) is 26.3 Å². The van der Waals surface area contributed by atoms with E-state index in [9.17, 15) is 5.11 Å². The van der Waals surface area contributed by atoms with Crippen molar-refractivity contribution in [2.75, 3.05) is 58.9 Å². The van der Waals surface area contributed by atoms with Crippen molar-refractivity contribution in [1.82, 2.24) is 31.9 Å². The molecule has 0 aromatic rings. The van der Waals surface area contributed by atoms with E-state index in [-0.39, 0.29) is 19.2 Å². The third-order valence-electron chi connectivity index (χ3n) is 13.2. The van der Waals surface area contributed by atoms with Crippen LogP contribution in [0.3, 0.4) is 0 Å². The average Bonchev–Trinajstić information content (AvgIpc) is 3.57. The number of rotatable bonds is 5. The zero-order valence-corrected chi connectivity index (χ0v) is 33.6. The fourth-order valence-corrected chi connectivity index (χ4v) is 11.1. The quantitative estimate of drug-likeness (QED) is 0.135. The van der Waals surface area contributed by atoms with Gasteiger partial charge < -0.3 is 37.0 Å². The predicted octanol–water partition coefficient (Wildman–Crippen LogP) is 6.07. The van der Waals surface area contributed by atoms with E-state index in [1.165, 1.54) is 77.2 Å². The van der Waals surface area contributed by atoms with E-state index >= 15 is 0 Å². The predicted molar refractivity (Wildman–Crippen MR) is 208 cm³/mol. The van der Waals surface area contributed by atoms with Gasteiger partial charge in [-0.1, -0.05) is 19.8 Å². The van der Waals surface area contributed by atoms with Crippen molar-refractivity contribution in [2.45, 2.75) is 115 Å². The molecule has 49 heavy (non-hydrogen) atoms. The SMILES string of the molecule is C=C.C=C.C[C@@H](CNCC1CNC2CCCCC2NCCNCCNCCN1)[C@H]1CCC2C3CCC4CC(O)CCC4C3CCC21.[Cl][Mn][Cl]. The van der Waals surface area contributed by atoms with Crippen LogP contribution in [0.25, 0.3) is 0 Å². The molecule has 0 radical (unpaired) electrons. The summed E-state index contributed by atoms with van der Waals surface area (Å²) in [7, 11) is 9.59. The fourth-order valence-electron chi connectivity index (χ4n) is 11.1. The van der Waals surface area contributed by atoms with Crippen LogP contribution < -0.4 is 31.9 Å². The monoisotopic (exact) mass is 767 g/mol. The molecule has 0 aromatic carbocycles. The van der Waals surface area contributed by atoms with Gasteiger partial charge in [-0.15, -0.1) is 26.3 Å². The van der Waals surface area contributed by atoms with Gasteiger partial charge in [-0.2, -0.15) is 0 Å². The Kier molecular flexibility index (Phi) is 22.6. The Morgan fingerprint density at radius 2 is 1.20 bits per heavy atom. The van der Waals surface area contributed by atoms with Crippen molar-refractivity contribution in [3.8, 4) is 0 Å². The summed E-state index contributed by atoms with van der Waals surface area (Å²) in [6.07, 6.45) is 17.6. The molecule has 12 atom stereocenters. The Morgan fingerprint density at radius 3 is 1.92 bits per heavy atom.